The Bertz CT molecular complexity index is 342. The lowest BCUT2D eigenvalue weighted by Gasteiger charge is -2.24. The molecule has 4 heteroatoms. The van der Waals surface area contributed by atoms with E-state index >= 15 is 0 Å². The molecular formula is C12H19NO3. The van der Waals surface area contributed by atoms with Gasteiger partial charge in [-0.25, -0.2) is 4.79 Å². The Morgan fingerprint density at radius 2 is 2.12 bits per heavy atom. The van der Waals surface area contributed by atoms with Crippen molar-refractivity contribution in [3.05, 3.63) is 23.7 Å². The van der Waals surface area contributed by atoms with Crippen LogP contribution in [0.25, 0.3) is 0 Å². The Labute approximate surface area is 95.9 Å². The molecule has 1 rings (SSSR count). The molecule has 0 saturated carbocycles. The number of rotatable bonds is 6. The second-order valence-corrected chi connectivity index (χ2v) is 3.99. The van der Waals surface area contributed by atoms with E-state index in [4.69, 9.17) is 9.52 Å². The summed E-state index contributed by atoms with van der Waals surface area (Å²) in [7, 11) is 2.03. The summed E-state index contributed by atoms with van der Waals surface area (Å²) in [4.78, 5) is 12.9. The number of carboxylic acids is 1. The summed E-state index contributed by atoms with van der Waals surface area (Å²) >= 11 is 0. The van der Waals surface area contributed by atoms with E-state index in [1.54, 1.807) is 6.07 Å². The largest absolute Gasteiger partial charge is 0.478 e. The first-order valence-electron chi connectivity index (χ1n) is 5.59. The zero-order valence-electron chi connectivity index (χ0n) is 10.1. The average Bonchev–Trinajstić information content (AvgIpc) is 2.68. The molecular weight excluding hydrogens is 206 g/mol. The molecule has 1 aromatic rings. The third kappa shape index (κ3) is 3.10. The number of aromatic carboxylic acids is 1. The molecule has 0 aromatic carbocycles. The van der Waals surface area contributed by atoms with Gasteiger partial charge < -0.3 is 9.52 Å². The number of hydrogen-bond acceptors (Lipinski definition) is 3. The molecule has 0 bridgehead atoms. The fourth-order valence-electron chi connectivity index (χ4n) is 1.86. The number of carboxylic acid groups (broad SMARTS) is 1. The minimum absolute atomic E-state index is 0.216. The molecule has 0 amide bonds. The summed E-state index contributed by atoms with van der Waals surface area (Å²) in [5, 5.41) is 8.76. The zero-order valence-corrected chi connectivity index (χ0v) is 10.1. The van der Waals surface area contributed by atoms with Gasteiger partial charge in [0.05, 0.1) is 12.1 Å². The number of nitrogens with zero attached hydrogens (tertiary/aromatic N) is 1. The highest BCUT2D eigenvalue weighted by molar-refractivity contribution is 5.87. The fraction of sp³-hybridized carbons (Fsp3) is 0.583. The smallest absolute Gasteiger partial charge is 0.338 e. The zero-order chi connectivity index (χ0) is 12.1. The molecule has 0 spiro atoms. The van der Waals surface area contributed by atoms with Crippen LogP contribution in [0.15, 0.2) is 16.7 Å². The first-order valence-corrected chi connectivity index (χ1v) is 5.59. The van der Waals surface area contributed by atoms with E-state index in [9.17, 15) is 4.79 Å². The van der Waals surface area contributed by atoms with Crippen LogP contribution in [-0.2, 0) is 6.54 Å². The third-order valence-electron chi connectivity index (χ3n) is 2.87. The van der Waals surface area contributed by atoms with Crippen LogP contribution in [0.5, 0.6) is 0 Å². The van der Waals surface area contributed by atoms with Crippen molar-refractivity contribution in [1.82, 2.24) is 4.90 Å². The van der Waals surface area contributed by atoms with Gasteiger partial charge in [0.15, 0.2) is 0 Å². The Kier molecular flexibility index (Phi) is 4.55. The van der Waals surface area contributed by atoms with Gasteiger partial charge in [0.2, 0.25) is 0 Å². The predicted molar refractivity (Wildman–Crippen MR) is 61.5 cm³/mol. The summed E-state index contributed by atoms with van der Waals surface area (Å²) in [5.41, 5.74) is 0.216. The highest BCUT2D eigenvalue weighted by Crippen LogP contribution is 2.14. The molecule has 0 fully saturated rings. The van der Waals surface area contributed by atoms with Crippen molar-refractivity contribution in [2.45, 2.75) is 39.3 Å². The van der Waals surface area contributed by atoms with E-state index < -0.39 is 5.97 Å². The Balaban J connectivity index is 2.62. The van der Waals surface area contributed by atoms with Crippen molar-refractivity contribution in [1.29, 1.82) is 0 Å². The Morgan fingerprint density at radius 1 is 1.50 bits per heavy atom. The van der Waals surface area contributed by atoms with Crippen LogP contribution in [0, 0.1) is 0 Å². The van der Waals surface area contributed by atoms with Crippen LogP contribution in [-0.4, -0.2) is 29.1 Å². The number of hydrogen-bond donors (Lipinski definition) is 1. The van der Waals surface area contributed by atoms with Crippen molar-refractivity contribution < 1.29 is 14.3 Å². The molecule has 0 radical (unpaired) electrons. The van der Waals surface area contributed by atoms with Gasteiger partial charge in [-0.2, -0.15) is 0 Å². The summed E-state index contributed by atoms with van der Waals surface area (Å²) in [6.45, 7) is 4.95. The van der Waals surface area contributed by atoms with Gasteiger partial charge in [-0.05, 0) is 26.0 Å². The molecule has 4 nitrogen and oxygen atoms in total. The van der Waals surface area contributed by atoms with E-state index in [2.05, 4.69) is 18.7 Å². The van der Waals surface area contributed by atoms with Gasteiger partial charge in [-0.3, -0.25) is 4.90 Å². The van der Waals surface area contributed by atoms with E-state index in [0.717, 1.165) is 12.8 Å². The van der Waals surface area contributed by atoms with Crippen molar-refractivity contribution in [2.24, 2.45) is 0 Å². The first kappa shape index (κ1) is 12.8. The van der Waals surface area contributed by atoms with Crippen LogP contribution in [0.3, 0.4) is 0 Å². The molecule has 0 aliphatic carbocycles. The number of furan rings is 1. The van der Waals surface area contributed by atoms with E-state index in [1.165, 1.54) is 6.26 Å². The summed E-state index contributed by atoms with van der Waals surface area (Å²) in [6, 6.07) is 2.10. The van der Waals surface area contributed by atoms with Gasteiger partial charge in [-0.1, -0.05) is 13.8 Å². The maximum atomic E-state index is 10.7. The van der Waals surface area contributed by atoms with Crippen LogP contribution in [0.2, 0.25) is 0 Å². The molecule has 90 valence electrons. The van der Waals surface area contributed by atoms with E-state index in [1.807, 2.05) is 7.05 Å². The van der Waals surface area contributed by atoms with Crippen LogP contribution in [0.4, 0.5) is 0 Å². The number of carbonyl (C=O) groups is 1. The molecule has 1 N–H and O–H groups in total. The monoisotopic (exact) mass is 225 g/mol. The standard InChI is InChI=1S/C12H19NO3/c1-4-10(5-2)13(3)7-11-6-9(8-16-11)12(14)15/h6,8,10H,4-5,7H2,1-3H3,(H,14,15). The second-order valence-electron chi connectivity index (χ2n) is 3.99. The normalized spacial score (nSPS) is 11.3. The third-order valence-corrected chi connectivity index (χ3v) is 2.87. The Hall–Kier alpha value is -1.29. The van der Waals surface area contributed by atoms with Crippen molar-refractivity contribution >= 4 is 5.97 Å². The molecule has 0 saturated heterocycles. The average molecular weight is 225 g/mol. The molecule has 0 atom stereocenters. The van der Waals surface area contributed by atoms with Crippen molar-refractivity contribution in [2.75, 3.05) is 7.05 Å². The highest BCUT2D eigenvalue weighted by Gasteiger charge is 2.14. The second kappa shape index (κ2) is 5.70. The van der Waals surface area contributed by atoms with E-state index in [0.29, 0.717) is 18.3 Å². The quantitative estimate of drug-likeness (QED) is 0.808. The fourth-order valence-corrected chi connectivity index (χ4v) is 1.86. The van der Waals surface area contributed by atoms with E-state index in [-0.39, 0.29) is 5.56 Å². The van der Waals surface area contributed by atoms with Crippen LogP contribution in [0.1, 0.15) is 42.8 Å². The lowest BCUT2D eigenvalue weighted by Crippen LogP contribution is -2.29. The predicted octanol–water partition coefficient (Wildman–Crippen LogP) is 2.60. The van der Waals surface area contributed by atoms with Gasteiger partial charge in [0, 0.05) is 6.04 Å². The van der Waals surface area contributed by atoms with Crippen molar-refractivity contribution in [3.63, 3.8) is 0 Å². The van der Waals surface area contributed by atoms with Crippen LogP contribution >= 0.6 is 0 Å². The summed E-state index contributed by atoms with van der Waals surface area (Å²) < 4.78 is 5.21. The summed E-state index contributed by atoms with van der Waals surface area (Å²) in [5.74, 6) is -0.244. The molecule has 0 aliphatic heterocycles. The lowest BCUT2D eigenvalue weighted by atomic mass is 10.1. The Morgan fingerprint density at radius 3 is 2.56 bits per heavy atom. The van der Waals surface area contributed by atoms with Gasteiger partial charge in [0.25, 0.3) is 0 Å². The van der Waals surface area contributed by atoms with Crippen LogP contribution < -0.4 is 0 Å². The van der Waals surface area contributed by atoms with Gasteiger partial charge >= 0.3 is 5.97 Å². The first-order chi connectivity index (χ1) is 7.58. The maximum absolute atomic E-state index is 10.7. The molecule has 0 unspecified atom stereocenters. The molecule has 0 aliphatic rings. The maximum Gasteiger partial charge on any atom is 0.338 e. The molecule has 1 aromatic heterocycles. The SMILES string of the molecule is CCC(CC)N(C)Cc1cc(C(=O)O)co1. The topological polar surface area (TPSA) is 53.7 Å². The lowest BCUT2D eigenvalue weighted by molar-refractivity contribution is 0.0696. The highest BCUT2D eigenvalue weighted by atomic mass is 16.4. The molecule has 16 heavy (non-hydrogen) atoms. The minimum atomic E-state index is -0.944. The molecule has 1 heterocycles. The van der Waals surface area contributed by atoms with Gasteiger partial charge in [-0.15, -0.1) is 0 Å². The van der Waals surface area contributed by atoms with Gasteiger partial charge in [0.1, 0.15) is 12.0 Å². The minimum Gasteiger partial charge on any atom is -0.478 e. The van der Waals surface area contributed by atoms with Crippen molar-refractivity contribution in [3.8, 4) is 0 Å². The summed E-state index contributed by atoms with van der Waals surface area (Å²) in [6.07, 6.45) is 3.46.